The van der Waals surface area contributed by atoms with Gasteiger partial charge in [-0.1, -0.05) is 0 Å². The summed E-state index contributed by atoms with van der Waals surface area (Å²) < 4.78 is 0. The molecule has 0 radical (unpaired) electrons. The molecule has 0 spiro atoms. The molecule has 0 aromatic carbocycles. The summed E-state index contributed by atoms with van der Waals surface area (Å²) in [5, 5.41) is 34.5. The lowest BCUT2D eigenvalue weighted by Crippen LogP contribution is -2.56. The molecular weight excluding hydrogens is 336 g/mol. The van der Waals surface area contributed by atoms with Crippen LogP contribution in [-0.4, -0.2) is 57.6 Å². The second-order valence-electron chi connectivity index (χ2n) is 5.63. The molecule has 0 aromatic heterocycles. The van der Waals surface area contributed by atoms with Crippen molar-refractivity contribution in [2.75, 3.05) is 13.1 Å². The van der Waals surface area contributed by atoms with Crippen LogP contribution >= 0.6 is 0 Å². The van der Waals surface area contributed by atoms with Crippen LogP contribution in [0.5, 0.6) is 0 Å². The van der Waals surface area contributed by atoms with Crippen LogP contribution in [0.1, 0.15) is 32.1 Å². The van der Waals surface area contributed by atoms with E-state index in [4.69, 9.17) is 22.9 Å². The summed E-state index contributed by atoms with van der Waals surface area (Å²) in [6.07, 6.45) is 0.619. The number of nitrogens with two attached hydrogens (primary N) is 4. The topological polar surface area (TPSA) is 241 Å². The molecule has 0 bridgehead atoms. The van der Waals surface area contributed by atoms with E-state index < -0.39 is 35.2 Å². The highest BCUT2D eigenvalue weighted by Gasteiger charge is 2.48. The fourth-order valence-corrected chi connectivity index (χ4v) is 2.03. The smallest absolute Gasteiger partial charge is 0.349 e. The Morgan fingerprint density at radius 1 is 0.880 bits per heavy atom. The van der Waals surface area contributed by atoms with Crippen molar-refractivity contribution in [3.8, 4) is 0 Å². The molecule has 0 aliphatic carbocycles. The number of hydrogen-bond donors (Lipinski definition) is 7. The van der Waals surface area contributed by atoms with Crippen LogP contribution in [-0.2, 0) is 14.4 Å². The molecule has 0 amide bonds. The van der Waals surface area contributed by atoms with Crippen molar-refractivity contribution in [3.05, 3.63) is 0 Å². The van der Waals surface area contributed by atoms with Crippen LogP contribution in [0.15, 0.2) is 10.2 Å². The lowest BCUT2D eigenvalue weighted by molar-refractivity contribution is -0.156. The summed E-state index contributed by atoms with van der Waals surface area (Å²) in [6, 6.07) is 0. The molecule has 144 valence electrons. The number of azo groups is 1. The Labute approximate surface area is 144 Å². The van der Waals surface area contributed by atoms with E-state index in [2.05, 4.69) is 10.2 Å². The van der Waals surface area contributed by atoms with Gasteiger partial charge in [-0.3, -0.25) is 16.3 Å². The van der Waals surface area contributed by atoms with Crippen molar-refractivity contribution in [2.24, 2.45) is 39.1 Å². The third kappa shape index (κ3) is 6.34. The normalized spacial score (nSPS) is 17.6. The fraction of sp³-hybridized carbons (Fsp3) is 0.769. The molecular formula is C13H26N6O6. The van der Waals surface area contributed by atoms with Gasteiger partial charge in [-0.15, -0.1) is 0 Å². The summed E-state index contributed by atoms with van der Waals surface area (Å²) in [4.78, 5) is 34.2. The Morgan fingerprint density at radius 3 is 1.84 bits per heavy atom. The van der Waals surface area contributed by atoms with Gasteiger partial charge in [-0.2, -0.15) is 10.2 Å². The quantitative estimate of drug-likeness (QED) is 0.147. The van der Waals surface area contributed by atoms with Crippen molar-refractivity contribution in [1.82, 2.24) is 0 Å². The van der Waals surface area contributed by atoms with Gasteiger partial charge < -0.3 is 26.8 Å². The van der Waals surface area contributed by atoms with E-state index in [1.165, 1.54) is 0 Å². The summed E-state index contributed by atoms with van der Waals surface area (Å²) >= 11 is 0. The van der Waals surface area contributed by atoms with Gasteiger partial charge in [-0.25, -0.2) is 9.59 Å². The maximum atomic E-state index is 11.5. The molecule has 0 saturated carbocycles. The molecule has 0 aliphatic heterocycles. The molecule has 0 rings (SSSR count). The van der Waals surface area contributed by atoms with Gasteiger partial charge in [0, 0.05) is 0 Å². The largest absolute Gasteiger partial charge is 0.481 e. The monoisotopic (exact) mass is 362 g/mol. The molecule has 12 heteroatoms. The minimum Gasteiger partial charge on any atom is -0.481 e. The number of hydrogen-bond acceptors (Lipinski definition) is 9. The Kier molecular flexibility index (Phi) is 9.12. The minimum atomic E-state index is -2.67. The highest BCUT2D eigenvalue weighted by Crippen LogP contribution is 2.25. The first-order valence-corrected chi connectivity index (χ1v) is 7.66. The summed E-state index contributed by atoms with van der Waals surface area (Å²) in [5.41, 5.74) is 17.0. The molecule has 0 aromatic rings. The fourth-order valence-electron chi connectivity index (χ4n) is 2.03. The van der Waals surface area contributed by atoms with Crippen molar-refractivity contribution in [3.63, 3.8) is 0 Å². The summed E-state index contributed by atoms with van der Waals surface area (Å²) in [5.74, 6) is -6.48. The summed E-state index contributed by atoms with van der Waals surface area (Å²) in [6.45, 7) is 0.425. The highest BCUT2D eigenvalue weighted by molar-refractivity contribution is 5.86. The van der Waals surface area contributed by atoms with Gasteiger partial charge in [-0.05, 0) is 45.2 Å². The van der Waals surface area contributed by atoms with Crippen LogP contribution in [0.2, 0.25) is 0 Å². The number of unbranched alkanes of at least 4 members (excludes halogenated alkanes) is 1. The molecule has 0 heterocycles. The third-order valence-electron chi connectivity index (χ3n) is 3.65. The predicted molar refractivity (Wildman–Crippen MR) is 86.3 cm³/mol. The lowest BCUT2D eigenvalue weighted by Gasteiger charge is -2.27. The van der Waals surface area contributed by atoms with Crippen molar-refractivity contribution in [2.45, 2.75) is 43.4 Å². The first-order valence-electron chi connectivity index (χ1n) is 7.66. The molecule has 3 unspecified atom stereocenters. The number of rotatable bonds is 13. The molecule has 11 N–H and O–H groups in total. The van der Waals surface area contributed by atoms with Crippen LogP contribution < -0.4 is 22.9 Å². The van der Waals surface area contributed by atoms with Crippen molar-refractivity contribution >= 4 is 17.9 Å². The zero-order chi connectivity index (χ0) is 19.7. The van der Waals surface area contributed by atoms with E-state index in [1.807, 2.05) is 0 Å². The first kappa shape index (κ1) is 22.9. The summed E-state index contributed by atoms with van der Waals surface area (Å²) in [7, 11) is 0. The Hall–Kier alpha value is -2.15. The van der Waals surface area contributed by atoms with Gasteiger partial charge in [0.15, 0.2) is 0 Å². The first-order chi connectivity index (χ1) is 11.5. The Balaban J connectivity index is 5.68. The van der Waals surface area contributed by atoms with Gasteiger partial charge in [0.05, 0.1) is 0 Å². The van der Waals surface area contributed by atoms with Crippen molar-refractivity contribution < 1.29 is 29.7 Å². The highest BCUT2D eigenvalue weighted by atomic mass is 16.4. The molecule has 0 aliphatic rings. The number of aliphatic carboxylic acids is 3. The zero-order valence-corrected chi connectivity index (χ0v) is 13.8. The SMILES string of the molecule is NCCCCC(N)(/N=N/C(N)(C(=O)O)C(CCCN)C(=O)O)C(=O)O. The minimum absolute atomic E-state index is 0.117. The van der Waals surface area contributed by atoms with E-state index in [0.717, 1.165) is 0 Å². The van der Waals surface area contributed by atoms with Gasteiger partial charge in [0.1, 0.15) is 5.92 Å². The number of carboxylic acid groups (broad SMARTS) is 3. The molecule has 0 fully saturated rings. The van der Waals surface area contributed by atoms with E-state index in [1.54, 1.807) is 0 Å². The number of nitrogens with zero attached hydrogens (tertiary/aromatic N) is 2. The molecule has 3 atom stereocenters. The average Bonchev–Trinajstić information content (AvgIpc) is 2.52. The van der Waals surface area contributed by atoms with Crippen LogP contribution in [0.4, 0.5) is 0 Å². The second kappa shape index (κ2) is 9.98. The van der Waals surface area contributed by atoms with Gasteiger partial charge in [0.2, 0.25) is 11.3 Å². The van der Waals surface area contributed by atoms with Crippen molar-refractivity contribution in [1.29, 1.82) is 0 Å². The predicted octanol–water partition coefficient (Wildman–Crippen LogP) is -1.51. The third-order valence-corrected chi connectivity index (χ3v) is 3.65. The number of carboxylic acids is 3. The van der Waals surface area contributed by atoms with Crippen LogP contribution in [0.3, 0.4) is 0 Å². The maximum Gasteiger partial charge on any atom is 0.349 e. The van der Waals surface area contributed by atoms with Crippen LogP contribution in [0.25, 0.3) is 0 Å². The maximum absolute atomic E-state index is 11.5. The Bertz CT molecular complexity index is 515. The zero-order valence-electron chi connectivity index (χ0n) is 13.8. The molecule has 0 saturated heterocycles. The molecule has 25 heavy (non-hydrogen) atoms. The van der Waals surface area contributed by atoms with E-state index in [0.29, 0.717) is 19.4 Å². The second-order valence-corrected chi connectivity index (χ2v) is 5.63. The van der Waals surface area contributed by atoms with Gasteiger partial charge in [0.25, 0.3) is 0 Å². The average molecular weight is 362 g/mol. The van der Waals surface area contributed by atoms with Gasteiger partial charge >= 0.3 is 17.9 Å². The van der Waals surface area contributed by atoms with E-state index in [-0.39, 0.29) is 25.8 Å². The standard InChI is InChI=1S/C13H26N6O6/c14-6-2-1-5-12(16,10(22)23)18-19-13(17,11(24)25)8(9(20)21)4-3-7-15/h8H,1-7,14-17H2,(H,20,21)(H,22,23)(H,24,25)/b19-18+. The van der Waals surface area contributed by atoms with E-state index in [9.17, 15) is 29.7 Å². The Morgan fingerprint density at radius 2 is 1.44 bits per heavy atom. The number of carbonyl (C=O) groups is 3. The van der Waals surface area contributed by atoms with Crippen LogP contribution in [0, 0.1) is 5.92 Å². The van der Waals surface area contributed by atoms with E-state index >= 15 is 0 Å². The lowest BCUT2D eigenvalue weighted by atomic mass is 9.89. The molecule has 12 nitrogen and oxygen atoms in total.